The first-order valence-electron chi connectivity index (χ1n) is 5.71. The van der Waals surface area contributed by atoms with Gasteiger partial charge in [-0.05, 0) is 38.6 Å². The van der Waals surface area contributed by atoms with Crippen LogP contribution in [0.5, 0.6) is 0 Å². The fraction of sp³-hybridized carbons (Fsp3) is 1.00. The zero-order chi connectivity index (χ0) is 9.10. The molecule has 1 saturated carbocycles. The van der Waals surface area contributed by atoms with Gasteiger partial charge in [0.05, 0.1) is 6.10 Å². The molecule has 2 atom stereocenters. The average Bonchev–Trinajstić information content (AvgIpc) is 2.72. The van der Waals surface area contributed by atoms with Crippen LogP contribution in [0.15, 0.2) is 0 Å². The molecule has 0 bridgehead atoms. The molecule has 0 aromatic heterocycles. The van der Waals surface area contributed by atoms with E-state index in [2.05, 4.69) is 12.2 Å². The van der Waals surface area contributed by atoms with E-state index in [0.717, 1.165) is 12.5 Å². The van der Waals surface area contributed by atoms with Crippen LogP contribution in [-0.4, -0.2) is 25.3 Å². The molecular weight excluding hydrogens is 162 g/mol. The van der Waals surface area contributed by atoms with E-state index >= 15 is 0 Å². The van der Waals surface area contributed by atoms with Gasteiger partial charge in [0.2, 0.25) is 0 Å². The van der Waals surface area contributed by atoms with Gasteiger partial charge < -0.3 is 10.1 Å². The Morgan fingerprint density at radius 2 is 2.00 bits per heavy atom. The first-order chi connectivity index (χ1) is 6.36. The SMILES string of the molecule is CC1OCCC1NCC1CCCC1. The molecule has 1 heterocycles. The number of nitrogens with one attached hydrogen (secondary N) is 1. The fourth-order valence-electron chi connectivity index (χ4n) is 2.53. The summed E-state index contributed by atoms with van der Waals surface area (Å²) in [6.07, 6.45) is 7.41. The maximum Gasteiger partial charge on any atom is 0.0700 e. The van der Waals surface area contributed by atoms with Crippen molar-refractivity contribution in [2.75, 3.05) is 13.2 Å². The molecule has 2 heteroatoms. The van der Waals surface area contributed by atoms with Gasteiger partial charge in [-0.3, -0.25) is 0 Å². The van der Waals surface area contributed by atoms with Crippen molar-refractivity contribution in [2.45, 2.75) is 51.2 Å². The quantitative estimate of drug-likeness (QED) is 0.722. The number of hydrogen-bond acceptors (Lipinski definition) is 2. The second-order valence-corrected chi connectivity index (χ2v) is 4.53. The van der Waals surface area contributed by atoms with Crippen LogP contribution >= 0.6 is 0 Å². The number of rotatable bonds is 3. The number of ether oxygens (including phenoxy) is 1. The van der Waals surface area contributed by atoms with E-state index in [1.165, 1.54) is 38.6 Å². The summed E-state index contributed by atoms with van der Waals surface area (Å²) in [6.45, 7) is 4.35. The third kappa shape index (κ3) is 2.44. The van der Waals surface area contributed by atoms with E-state index in [-0.39, 0.29) is 0 Å². The van der Waals surface area contributed by atoms with Crippen LogP contribution in [0.25, 0.3) is 0 Å². The highest BCUT2D eigenvalue weighted by Gasteiger charge is 2.24. The molecule has 1 saturated heterocycles. The lowest BCUT2D eigenvalue weighted by molar-refractivity contribution is 0.112. The summed E-state index contributed by atoms with van der Waals surface area (Å²) in [5, 5.41) is 3.65. The van der Waals surface area contributed by atoms with E-state index in [0.29, 0.717) is 12.1 Å². The Kier molecular flexibility index (Phi) is 3.23. The van der Waals surface area contributed by atoms with Gasteiger partial charge in [0, 0.05) is 12.6 Å². The normalized spacial score (nSPS) is 35.8. The van der Waals surface area contributed by atoms with E-state index in [1.54, 1.807) is 0 Å². The predicted octanol–water partition coefficient (Wildman–Crippen LogP) is 1.94. The van der Waals surface area contributed by atoms with Crippen LogP contribution in [0.2, 0.25) is 0 Å². The van der Waals surface area contributed by atoms with Gasteiger partial charge in [0.1, 0.15) is 0 Å². The largest absolute Gasteiger partial charge is 0.377 e. The Morgan fingerprint density at radius 1 is 1.23 bits per heavy atom. The molecule has 2 aliphatic rings. The minimum absolute atomic E-state index is 0.432. The Balaban J connectivity index is 1.66. The highest BCUT2D eigenvalue weighted by Crippen LogP contribution is 2.24. The lowest BCUT2D eigenvalue weighted by Crippen LogP contribution is -2.37. The Hall–Kier alpha value is -0.0800. The summed E-state index contributed by atoms with van der Waals surface area (Å²) in [7, 11) is 0. The van der Waals surface area contributed by atoms with E-state index < -0.39 is 0 Å². The van der Waals surface area contributed by atoms with Crippen molar-refractivity contribution in [3.63, 3.8) is 0 Å². The van der Waals surface area contributed by atoms with Crippen LogP contribution in [0.3, 0.4) is 0 Å². The van der Waals surface area contributed by atoms with Crippen molar-refractivity contribution in [1.29, 1.82) is 0 Å². The fourth-order valence-corrected chi connectivity index (χ4v) is 2.53. The molecule has 0 aromatic carbocycles. The minimum atomic E-state index is 0.432. The highest BCUT2D eigenvalue weighted by atomic mass is 16.5. The molecule has 0 aromatic rings. The second kappa shape index (κ2) is 4.43. The van der Waals surface area contributed by atoms with Crippen molar-refractivity contribution in [3.8, 4) is 0 Å². The van der Waals surface area contributed by atoms with E-state index in [4.69, 9.17) is 4.74 Å². The van der Waals surface area contributed by atoms with E-state index in [9.17, 15) is 0 Å². The summed E-state index contributed by atoms with van der Waals surface area (Å²) in [6, 6.07) is 0.626. The third-order valence-electron chi connectivity index (χ3n) is 3.52. The minimum Gasteiger partial charge on any atom is -0.377 e. The van der Waals surface area contributed by atoms with Crippen LogP contribution < -0.4 is 5.32 Å². The van der Waals surface area contributed by atoms with Crippen molar-refractivity contribution in [2.24, 2.45) is 5.92 Å². The summed E-state index contributed by atoms with van der Waals surface area (Å²) in [5.74, 6) is 0.952. The Morgan fingerprint density at radius 3 is 2.62 bits per heavy atom. The van der Waals surface area contributed by atoms with Crippen LogP contribution in [0.4, 0.5) is 0 Å². The first kappa shape index (κ1) is 9.47. The maximum atomic E-state index is 5.52. The van der Waals surface area contributed by atoms with Gasteiger partial charge in [-0.1, -0.05) is 12.8 Å². The van der Waals surface area contributed by atoms with Gasteiger partial charge >= 0.3 is 0 Å². The summed E-state index contributed by atoms with van der Waals surface area (Å²) < 4.78 is 5.52. The molecule has 1 aliphatic carbocycles. The van der Waals surface area contributed by atoms with Gasteiger partial charge in [-0.15, -0.1) is 0 Å². The smallest absolute Gasteiger partial charge is 0.0700 e. The van der Waals surface area contributed by atoms with Crippen molar-refractivity contribution < 1.29 is 4.74 Å². The monoisotopic (exact) mass is 183 g/mol. The first-order valence-corrected chi connectivity index (χ1v) is 5.71. The molecule has 2 unspecified atom stereocenters. The Bertz CT molecular complexity index is 154. The zero-order valence-electron chi connectivity index (χ0n) is 8.59. The van der Waals surface area contributed by atoms with Crippen molar-refractivity contribution in [3.05, 3.63) is 0 Å². The van der Waals surface area contributed by atoms with Gasteiger partial charge in [0.15, 0.2) is 0 Å². The average molecular weight is 183 g/mol. The molecular formula is C11H21NO. The molecule has 0 amide bonds. The summed E-state index contributed by atoms with van der Waals surface area (Å²) >= 11 is 0. The molecule has 2 rings (SSSR count). The third-order valence-corrected chi connectivity index (χ3v) is 3.52. The molecule has 76 valence electrons. The van der Waals surface area contributed by atoms with E-state index in [1.807, 2.05) is 0 Å². The van der Waals surface area contributed by atoms with Crippen LogP contribution in [0.1, 0.15) is 39.0 Å². The molecule has 1 aliphatic heterocycles. The zero-order valence-corrected chi connectivity index (χ0v) is 8.59. The predicted molar refractivity (Wildman–Crippen MR) is 53.8 cm³/mol. The van der Waals surface area contributed by atoms with Crippen molar-refractivity contribution >= 4 is 0 Å². The topological polar surface area (TPSA) is 21.3 Å². The second-order valence-electron chi connectivity index (χ2n) is 4.53. The summed E-state index contributed by atoms with van der Waals surface area (Å²) in [5.41, 5.74) is 0. The van der Waals surface area contributed by atoms with Crippen LogP contribution in [-0.2, 0) is 4.74 Å². The molecule has 13 heavy (non-hydrogen) atoms. The van der Waals surface area contributed by atoms with Gasteiger partial charge in [-0.25, -0.2) is 0 Å². The molecule has 0 radical (unpaired) electrons. The van der Waals surface area contributed by atoms with Gasteiger partial charge in [0.25, 0.3) is 0 Å². The van der Waals surface area contributed by atoms with Crippen molar-refractivity contribution in [1.82, 2.24) is 5.32 Å². The lowest BCUT2D eigenvalue weighted by Gasteiger charge is -2.18. The van der Waals surface area contributed by atoms with Crippen LogP contribution in [0, 0.1) is 5.92 Å². The van der Waals surface area contributed by atoms with Gasteiger partial charge in [-0.2, -0.15) is 0 Å². The molecule has 2 fully saturated rings. The molecule has 2 nitrogen and oxygen atoms in total. The maximum absolute atomic E-state index is 5.52. The summed E-state index contributed by atoms with van der Waals surface area (Å²) in [4.78, 5) is 0. The molecule has 0 spiro atoms. The highest BCUT2D eigenvalue weighted by molar-refractivity contribution is 4.81. The number of hydrogen-bond donors (Lipinski definition) is 1. The lowest BCUT2D eigenvalue weighted by atomic mass is 10.1. The molecule has 1 N–H and O–H groups in total. The Labute approximate surface area is 81.0 Å². The standard InChI is InChI=1S/C11H21NO/c1-9-11(6-7-13-9)12-8-10-4-2-3-5-10/h9-12H,2-8H2,1H3.